The van der Waals surface area contributed by atoms with E-state index < -0.39 is 5.60 Å². The molecule has 1 heterocycles. The van der Waals surface area contributed by atoms with Crippen LogP contribution < -0.4 is 14.2 Å². The summed E-state index contributed by atoms with van der Waals surface area (Å²) in [6.45, 7) is 1.26. The van der Waals surface area contributed by atoms with Crippen molar-refractivity contribution in [3.8, 4) is 17.2 Å². The Bertz CT molecular complexity index is 437. The minimum atomic E-state index is -0.787. The zero-order valence-electron chi connectivity index (χ0n) is 9.86. The highest BCUT2D eigenvalue weighted by molar-refractivity contribution is 5.58. The first-order valence-corrected chi connectivity index (χ1v) is 5.94. The lowest BCUT2D eigenvalue weighted by molar-refractivity contribution is 0.141. The Morgan fingerprint density at radius 3 is 2.71 bits per heavy atom. The van der Waals surface area contributed by atoms with Crippen LogP contribution in [0.2, 0.25) is 0 Å². The van der Waals surface area contributed by atoms with Gasteiger partial charge >= 0.3 is 0 Å². The Morgan fingerprint density at radius 1 is 1.24 bits per heavy atom. The average Bonchev–Trinajstić information content (AvgIpc) is 3.11. The van der Waals surface area contributed by atoms with E-state index in [1.807, 2.05) is 12.1 Å². The Kier molecular flexibility index (Phi) is 2.40. The minimum absolute atomic E-state index is 0.614. The summed E-state index contributed by atoms with van der Waals surface area (Å²) in [6.07, 6.45) is 2.36. The summed E-state index contributed by atoms with van der Waals surface area (Å²) in [5, 5.41) is 10.3. The number of rotatable bonds is 2. The van der Waals surface area contributed by atoms with E-state index in [-0.39, 0.29) is 0 Å². The van der Waals surface area contributed by atoms with Gasteiger partial charge in [-0.1, -0.05) is 0 Å². The van der Waals surface area contributed by atoms with E-state index in [4.69, 9.17) is 14.2 Å². The Balaban J connectivity index is 2.14. The summed E-state index contributed by atoms with van der Waals surface area (Å²) in [5.74, 6) is 2.04. The van der Waals surface area contributed by atoms with Gasteiger partial charge in [-0.05, 0) is 25.0 Å². The lowest BCUT2D eigenvalue weighted by Gasteiger charge is -2.19. The molecular formula is C13H16O4. The van der Waals surface area contributed by atoms with Crippen molar-refractivity contribution in [2.45, 2.75) is 24.9 Å². The number of hydrogen-bond donors (Lipinski definition) is 1. The molecule has 0 radical (unpaired) electrons. The van der Waals surface area contributed by atoms with Crippen LogP contribution in [0.1, 0.15) is 24.8 Å². The summed E-state index contributed by atoms with van der Waals surface area (Å²) < 4.78 is 16.7. The first kappa shape index (κ1) is 10.7. The van der Waals surface area contributed by atoms with Gasteiger partial charge in [-0.2, -0.15) is 0 Å². The van der Waals surface area contributed by atoms with Crippen LogP contribution in [-0.4, -0.2) is 25.4 Å². The zero-order valence-corrected chi connectivity index (χ0v) is 9.86. The number of benzene rings is 1. The van der Waals surface area contributed by atoms with Crippen molar-refractivity contribution in [2.24, 2.45) is 0 Å². The van der Waals surface area contributed by atoms with Crippen LogP contribution in [0.5, 0.6) is 17.2 Å². The van der Waals surface area contributed by atoms with Gasteiger partial charge < -0.3 is 19.3 Å². The highest BCUT2D eigenvalue weighted by Gasteiger charge is 2.47. The van der Waals surface area contributed by atoms with Gasteiger partial charge in [-0.3, -0.25) is 0 Å². The van der Waals surface area contributed by atoms with Gasteiger partial charge in [-0.25, -0.2) is 0 Å². The molecule has 3 rings (SSSR count). The fourth-order valence-corrected chi connectivity index (χ4v) is 2.20. The predicted molar refractivity (Wildman–Crippen MR) is 61.7 cm³/mol. The third-order valence-electron chi connectivity index (χ3n) is 3.28. The monoisotopic (exact) mass is 236 g/mol. The molecule has 0 spiro atoms. The van der Waals surface area contributed by atoms with Crippen molar-refractivity contribution in [1.29, 1.82) is 0 Å². The highest BCUT2D eigenvalue weighted by atomic mass is 16.5. The molecule has 0 bridgehead atoms. The molecule has 1 fully saturated rings. The van der Waals surface area contributed by atoms with Gasteiger partial charge in [0.2, 0.25) is 0 Å². The molecule has 92 valence electrons. The maximum absolute atomic E-state index is 10.3. The fraction of sp³-hybridized carbons (Fsp3) is 0.538. The molecule has 1 aromatic carbocycles. The van der Waals surface area contributed by atoms with Crippen molar-refractivity contribution in [3.63, 3.8) is 0 Å². The van der Waals surface area contributed by atoms with Crippen molar-refractivity contribution < 1.29 is 19.3 Å². The van der Waals surface area contributed by atoms with Crippen LogP contribution in [0.25, 0.3) is 0 Å². The van der Waals surface area contributed by atoms with E-state index >= 15 is 0 Å². The van der Waals surface area contributed by atoms with Gasteiger partial charge in [0.1, 0.15) is 5.75 Å². The van der Waals surface area contributed by atoms with Crippen LogP contribution in [0.15, 0.2) is 12.1 Å². The number of ether oxygens (including phenoxy) is 3. The molecule has 17 heavy (non-hydrogen) atoms. The molecule has 0 aromatic heterocycles. The van der Waals surface area contributed by atoms with E-state index in [2.05, 4.69) is 0 Å². The van der Waals surface area contributed by atoms with E-state index in [0.29, 0.717) is 30.5 Å². The quantitative estimate of drug-likeness (QED) is 0.851. The van der Waals surface area contributed by atoms with E-state index in [9.17, 15) is 5.11 Å². The van der Waals surface area contributed by atoms with Gasteiger partial charge in [0.25, 0.3) is 0 Å². The molecule has 0 unspecified atom stereocenters. The lowest BCUT2D eigenvalue weighted by atomic mass is 10.0. The number of methoxy groups -OCH3 is 1. The molecule has 4 nitrogen and oxygen atoms in total. The van der Waals surface area contributed by atoms with Crippen molar-refractivity contribution >= 4 is 0 Å². The van der Waals surface area contributed by atoms with Gasteiger partial charge in [-0.15, -0.1) is 0 Å². The highest BCUT2D eigenvalue weighted by Crippen LogP contribution is 2.55. The molecular weight excluding hydrogens is 220 g/mol. The van der Waals surface area contributed by atoms with Gasteiger partial charge in [0, 0.05) is 6.42 Å². The first-order valence-electron chi connectivity index (χ1n) is 5.94. The molecule has 1 saturated carbocycles. The Hall–Kier alpha value is -1.42. The molecule has 1 N–H and O–H groups in total. The minimum Gasteiger partial charge on any atom is -0.496 e. The van der Waals surface area contributed by atoms with Gasteiger partial charge in [0.05, 0.1) is 31.5 Å². The van der Waals surface area contributed by atoms with Crippen molar-refractivity contribution in [2.75, 3.05) is 20.3 Å². The summed E-state index contributed by atoms with van der Waals surface area (Å²) >= 11 is 0. The average molecular weight is 236 g/mol. The molecule has 1 aliphatic heterocycles. The van der Waals surface area contributed by atoms with Crippen LogP contribution in [-0.2, 0) is 5.60 Å². The third kappa shape index (κ3) is 1.72. The summed E-state index contributed by atoms with van der Waals surface area (Å²) in [5.41, 5.74) is -0.0379. The Morgan fingerprint density at radius 2 is 2.00 bits per heavy atom. The maximum Gasteiger partial charge on any atom is 0.170 e. The van der Waals surface area contributed by atoms with Crippen LogP contribution in [0, 0.1) is 0 Å². The normalized spacial score (nSPS) is 20.6. The second-order valence-electron chi connectivity index (χ2n) is 4.55. The Labute approximate surface area is 100 Å². The molecule has 4 heteroatoms. The van der Waals surface area contributed by atoms with E-state index in [1.54, 1.807) is 7.11 Å². The predicted octanol–water partition coefficient (Wildman–Crippen LogP) is 1.84. The van der Waals surface area contributed by atoms with Crippen LogP contribution in [0.3, 0.4) is 0 Å². The first-order chi connectivity index (χ1) is 8.24. The summed E-state index contributed by atoms with van der Waals surface area (Å²) in [4.78, 5) is 0. The fourth-order valence-electron chi connectivity index (χ4n) is 2.20. The molecule has 0 saturated heterocycles. The number of fused-ring (bicyclic) bond motifs is 1. The smallest absolute Gasteiger partial charge is 0.170 e. The second-order valence-corrected chi connectivity index (χ2v) is 4.55. The standard InChI is InChI=1S/C13H16O4/c1-15-9-3-4-10-12(17-8-2-7-16-10)11(9)13(14)5-6-13/h3-4,14H,2,5-8H2,1H3. The maximum atomic E-state index is 10.3. The number of hydrogen-bond acceptors (Lipinski definition) is 4. The SMILES string of the molecule is COc1ccc2c(c1C1(O)CC1)OCCCO2. The van der Waals surface area contributed by atoms with Crippen molar-refractivity contribution in [3.05, 3.63) is 17.7 Å². The zero-order chi connectivity index (χ0) is 11.9. The molecule has 0 amide bonds. The second kappa shape index (κ2) is 3.81. The van der Waals surface area contributed by atoms with Crippen LogP contribution >= 0.6 is 0 Å². The van der Waals surface area contributed by atoms with Gasteiger partial charge in [0.15, 0.2) is 11.5 Å². The van der Waals surface area contributed by atoms with E-state index in [0.717, 1.165) is 24.8 Å². The molecule has 1 aromatic rings. The summed E-state index contributed by atoms with van der Waals surface area (Å²) in [7, 11) is 1.61. The summed E-state index contributed by atoms with van der Waals surface area (Å²) in [6, 6.07) is 3.67. The largest absolute Gasteiger partial charge is 0.496 e. The van der Waals surface area contributed by atoms with Crippen LogP contribution in [0.4, 0.5) is 0 Å². The third-order valence-corrected chi connectivity index (χ3v) is 3.28. The molecule has 2 aliphatic rings. The molecule has 0 atom stereocenters. The van der Waals surface area contributed by atoms with E-state index in [1.165, 1.54) is 0 Å². The lowest BCUT2D eigenvalue weighted by Crippen LogP contribution is -2.10. The molecule has 1 aliphatic carbocycles. The number of aliphatic hydroxyl groups is 1. The van der Waals surface area contributed by atoms with Crippen molar-refractivity contribution in [1.82, 2.24) is 0 Å². The topological polar surface area (TPSA) is 47.9 Å².